The van der Waals surface area contributed by atoms with Crippen LogP contribution in [-0.4, -0.2) is 27.4 Å². The predicted molar refractivity (Wildman–Crippen MR) is 108 cm³/mol. The van der Waals surface area contributed by atoms with Crippen LogP contribution in [0.3, 0.4) is 0 Å². The van der Waals surface area contributed by atoms with Crippen LogP contribution in [0.2, 0.25) is 0 Å². The van der Waals surface area contributed by atoms with E-state index in [1.807, 2.05) is 49.0 Å². The molecular formula is C21H30N4O2. The van der Waals surface area contributed by atoms with E-state index in [0.29, 0.717) is 5.69 Å². The summed E-state index contributed by atoms with van der Waals surface area (Å²) in [6.45, 7) is 5.95. The largest absolute Gasteiger partial charge is 0.368 e. The molecule has 6 heteroatoms. The first-order chi connectivity index (χ1) is 12.9. The van der Waals surface area contributed by atoms with Gasteiger partial charge in [0, 0.05) is 13.1 Å². The summed E-state index contributed by atoms with van der Waals surface area (Å²) in [5.41, 5.74) is 1.93. The predicted octanol–water partition coefficient (Wildman–Crippen LogP) is 2.98. The topological polar surface area (TPSA) is 68.1 Å². The zero-order chi connectivity index (χ0) is 19.6. The molecule has 27 heavy (non-hydrogen) atoms. The minimum atomic E-state index is -0.470. The molecule has 2 aromatic rings. The maximum absolute atomic E-state index is 12.9. The van der Waals surface area contributed by atoms with Gasteiger partial charge in [-0.1, -0.05) is 25.1 Å². The first-order valence-electron chi connectivity index (χ1n) is 9.79. The van der Waals surface area contributed by atoms with Crippen molar-refractivity contribution in [3.63, 3.8) is 0 Å². The van der Waals surface area contributed by atoms with E-state index in [-0.39, 0.29) is 17.5 Å². The molecule has 1 aromatic carbocycles. The third-order valence-corrected chi connectivity index (χ3v) is 5.67. The first kappa shape index (κ1) is 19.3. The van der Waals surface area contributed by atoms with Gasteiger partial charge in [-0.25, -0.2) is 4.68 Å². The Hall–Kier alpha value is -2.50. The molecule has 1 fully saturated rings. The van der Waals surface area contributed by atoms with Crippen molar-refractivity contribution >= 4 is 11.6 Å². The second-order valence-corrected chi connectivity index (χ2v) is 7.77. The van der Waals surface area contributed by atoms with Crippen molar-refractivity contribution in [1.29, 1.82) is 0 Å². The Morgan fingerprint density at radius 3 is 2.41 bits per heavy atom. The Kier molecular flexibility index (Phi) is 5.73. The van der Waals surface area contributed by atoms with Gasteiger partial charge in [-0.05, 0) is 57.6 Å². The summed E-state index contributed by atoms with van der Waals surface area (Å²) in [5.74, 6) is 0.695. The second kappa shape index (κ2) is 8.03. The number of amides is 1. The lowest BCUT2D eigenvalue weighted by atomic mass is 9.87. The lowest BCUT2D eigenvalue weighted by Crippen LogP contribution is -2.45. The lowest BCUT2D eigenvalue weighted by molar-refractivity contribution is -0.122. The second-order valence-electron chi connectivity index (χ2n) is 7.77. The molecule has 0 aliphatic heterocycles. The average molecular weight is 370 g/mol. The van der Waals surface area contributed by atoms with Crippen LogP contribution >= 0.6 is 0 Å². The van der Waals surface area contributed by atoms with Gasteiger partial charge in [0.25, 0.3) is 5.56 Å². The quantitative estimate of drug-likeness (QED) is 0.850. The molecule has 0 radical (unpaired) electrons. The monoisotopic (exact) mass is 370 g/mol. The number of carbonyl (C=O) groups is 1. The Morgan fingerprint density at radius 2 is 1.78 bits per heavy atom. The molecule has 1 heterocycles. The van der Waals surface area contributed by atoms with Crippen LogP contribution in [0.25, 0.3) is 5.69 Å². The molecule has 1 saturated carbocycles. The van der Waals surface area contributed by atoms with Crippen LogP contribution in [-0.2, 0) is 11.8 Å². The van der Waals surface area contributed by atoms with Crippen LogP contribution in [0.5, 0.6) is 0 Å². The maximum Gasteiger partial charge on any atom is 0.295 e. The number of hydrogen-bond donors (Lipinski definition) is 2. The van der Waals surface area contributed by atoms with Gasteiger partial charge in [0.05, 0.1) is 11.4 Å². The number of nitrogens with zero attached hydrogens (tertiary/aromatic N) is 2. The van der Waals surface area contributed by atoms with E-state index in [1.165, 1.54) is 0 Å². The van der Waals surface area contributed by atoms with Gasteiger partial charge in [0.15, 0.2) is 0 Å². The minimum Gasteiger partial charge on any atom is -0.368 e. The van der Waals surface area contributed by atoms with Crippen molar-refractivity contribution in [3.8, 4) is 5.69 Å². The number of carbonyl (C=O) groups excluding carboxylic acids is 1. The molecule has 3 rings (SSSR count). The number of nitrogens with one attached hydrogen (secondary N) is 2. The molecule has 1 atom stereocenters. The summed E-state index contributed by atoms with van der Waals surface area (Å²) >= 11 is 0. The van der Waals surface area contributed by atoms with E-state index in [2.05, 4.69) is 17.6 Å². The van der Waals surface area contributed by atoms with Crippen molar-refractivity contribution in [2.24, 2.45) is 13.0 Å². The third kappa shape index (κ3) is 4.10. The number of hydrogen-bond acceptors (Lipinski definition) is 3. The Bertz CT molecular complexity index is 845. The Labute approximate surface area is 160 Å². The van der Waals surface area contributed by atoms with Crippen LogP contribution in [0.4, 0.5) is 5.69 Å². The van der Waals surface area contributed by atoms with Gasteiger partial charge in [-0.3, -0.25) is 14.3 Å². The molecule has 0 saturated heterocycles. The zero-order valence-corrected chi connectivity index (χ0v) is 16.7. The van der Waals surface area contributed by atoms with E-state index in [1.54, 1.807) is 11.6 Å². The molecule has 2 N–H and O–H groups in total. The standard InChI is InChI=1S/C21H30N4O2/c1-14-10-12-17(13-11-14)23-20(26)15(2)22-19-16(3)24(4)25(21(19)27)18-8-6-5-7-9-18/h5-9,14-15,17,22H,10-13H2,1-4H3,(H,23,26). The van der Waals surface area contributed by atoms with Crippen molar-refractivity contribution < 1.29 is 4.79 Å². The van der Waals surface area contributed by atoms with Crippen molar-refractivity contribution in [1.82, 2.24) is 14.7 Å². The molecule has 6 nitrogen and oxygen atoms in total. The maximum atomic E-state index is 12.9. The number of rotatable bonds is 5. The summed E-state index contributed by atoms with van der Waals surface area (Å²) in [4.78, 5) is 25.5. The minimum absolute atomic E-state index is 0.0523. The van der Waals surface area contributed by atoms with E-state index in [0.717, 1.165) is 43.0 Å². The van der Waals surface area contributed by atoms with Gasteiger partial charge in [-0.2, -0.15) is 0 Å². The van der Waals surface area contributed by atoms with Gasteiger partial charge >= 0.3 is 0 Å². The van der Waals surface area contributed by atoms with E-state index in [4.69, 9.17) is 0 Å². The SMILES string of the molecule is Cc1c(NC(C)C(=O)NC2CCC(C)CC2)c(=O)n(-c2ccccc2)n1C. The molecule has 1 amide bonds. The highest BCUT2D eigenvalue weighted by atomic mass is 16.2. The van der Waals surface area contributed by atoms with Crippen LogP contribution in [0.15, 0.2) is 35.1 Å². The molecule has 1 unspecified atom stereocenters. The fraction of sp³-hybridized carbons (Fsp3) is 0.524. The highest BCUT2D eigenvalue weighted by Gasteiger charge is 2.24. The summed E-state index contributed by atoms with van der Waals surface area (Å²) in [6, 6.07) is 9.28. The summed E-state index contributed by atoms with van der Waals surface area (Å²) in [5, 5.41) is 6.28. The number of aromatic nitrogens is 2. The van der Waals surface area contributed by atoms with E-state index >= 15 is 0 Å². The molecule has 1 aromatic heterocycles. The van der Waals surface area contributed by atoms with Crippen molar-refractivity contribution in [3.05, 3.63) is 46.4 Å². The molecule has 1 aliphatic rings. The molecule has 0 bridgehead atoms. The van der Waals surface area contributed by atoms with Crippen LogP contribution < -0.4 is 16.2 Å². The van der Waals surface area contributed by atoms with Crippen molar-refractivity contribution in [2.75, 3.05) is 5.32 Å². The Balaban J connectivity index is 1.73. The molecular weight excluding hydrogens is 340 g/mol. The first-order valence-corrected chi connectivity index (χ1v) is 9.79. The summed E-state index contributed by atoms with van der Waals surface area (Å²) in [7, 11) is 1.85. The highest BCUT2D eigenvalue weighted by Crippen LogP contribution is 2.23. The number of benzene rings is 1. The normalized spacial score (nSPS) is 20.9. The third-order valence-electron chi connectivity index (χ3n) is 5.67. The fourth-order valence-electron chi connectivity index (χ4n) is 3.75. The molecule has 146 valence electrons. The smallest absolute Gasteiger partial charge is 0.295 e. The van der Waals surface area contributed by atoms with Gasteiger partial charge < -0.3 is 10.6 Å². The Morgan fingerprint density at radius 1 is 1.15 bits per heavy atom. The molecule has 1 aliphatic carbocycles. The lowest BCUT2D eigenvalue weighted by Gasteiger charge is -2.28. The van der Waals surface area contributed by atoms with Gasteiger partial charge in [0.1, 0.15) is 11.7 Å². The van der Waals surface area contributed by atoms with Gasteiger partial charge in [-0.15, -0.1) is 0 Å². The van der Waals surface area contributed by atoms with Crippen molar-refractivity contribution in [2.45, 2.75) is 58.5 Å². The van der Waals surface area contributed by atoms with Crippen LogP contribution in [0.1, 0.15) is 45.2 Å². The number of para-hydroxylation sites is 1. The summed E-state index contributed by atoms with van der Waals surface area (Å²) in [6.07, 6.45) is 4.38. The molecule has 0 spiro atoms. The van der Waals surface area contributed by atoms with Crippen LogP contribution in [0, 0.1) is 12.8 Å². The highest BCUT2D eigenvalue weighted by molar-refractivity contribution is 5.84. The zero-order valence-electron chi connectivity index (χ0n) is 16.7. The fourth-order valence-corrected chi connectivity index (χ4v) is 3.75. The van der Waals surface area contributed by atoms with E-state index in [9.17, 15) is 9.59 Å². The van der Waals surface area contributed by atoms with E-state index < -0.39 is 6.04 Å². The number of anilines is 1. The summed E-state index contributed by atoms with van der Waals surface area (Å²) < 4.78 is 3.43. The average Bonchev–Trinajstić information content (AvgIpc) is 2.87. The van der Waals surface area contributed by atoms with Gasteiger partial charge in [0.2, 0.25) is 5.91 Å².